The SMILES string of the molecule is O=C(NN1C(=O)S/C(=C\c2ccc([N+](=O)[O-])cc2)C1=S)c1ccccc1Cl. The van der Waals surface area contributed by atoms with Gasteiger partial charge >= 0.3 is 5.24 Å². The van der Waals surface area contributed by atoms with Crippen LogP contribution in [-0.4, -0.2) is 26.1 Å². The summed E-state index contributed by atoms with van der Waals surface area (Å²) in [6.07, 6.45) is 1.62. The summed E-state index contributed by atoms with van der Waals surface area (Å²) in [7, 11) is 0. The van der Waals surface area contributed by atoms with E-state index in [2.05, 4.69) is 5.43 Å². The van der Waals surface area contributed by atoms with Crippen LogP contribution in [0, 0.1) is 10.1 Å². The third-order valence-corrected chi connectivity index (χ3v) is 5.28. The second-order valence-electron chi connectivity index (χ2n) is 5.29. The largest absolute Gasteiger partial charge is 0.310 e. The molecular formula is C17H10ClN3O4S2. The number of halogens is 1. The Morgan fingerprint density at radius 1 is 1.22 bits per heavy atom. The van der Waals surface area contributed by atoms with E-state index in [1.165, 1.54) is 18.2 Å². The normalized spacial score (nSPS) is 15.3. The molecule has 7 nitrogen and oxygen atoms in total. The van der Waals surface area contributed by atoms with Gasteiger partial charge in [0.05, 0.1) is 20.4 Å². The van der Waals surface area contributed by atoms with Crippen molar-refractivity contribution in [3.8, 4) is 0 Å². The molecule has 1 N–H and O–H groups in total. The van der Waals surface area contributed by atoms with Gasteiger partial charge in [0.2, 0.25) is 0 Å². The van der Waals surface area contributed by atoms with Crippen LogP contribution in [-0.2, 0) is 0 Å². The Bertz CT molecular complexity index is 992. The van der Waals surface area contributed by atoms with E-state index in [0.29, 0.717) is 10.5 Å². The van der Waals surface area contributed by atoms with Crippen LogP contribution in [0.15, 0.2) is 53.4 Å². The second-order valence-corrected chi connectivity index (χ2v) is 7.07. The number of benzene rings is 2. The van der Waals surface area contributed by atoms with Gasteiger partial charge in [-0.15, -0.1) is 0 Å². The van der Waals surface area contributed by atoms with Gasteiger partial charge in [0.25, 0.3) is 11.6 Å². The van der Waals surface area contributed by atoms with Crippen molar-refractivity contribution in [2.24, 2.45) is 0 Å². The summed E-state index contributed by atoms with van der Waals surface area (Å²) in [6.45, 7) is 0. The first kappa shape index (κ1) is 19.0. The smallest absolute Gasteiger partial charge is 0.267 e. The zero-order valence-electron chi connectivity index (χ0n) is 13.4. The van der Waals surface area contributed by atoms with Crippen LogP contribution in [0.5, 0.6) is 0 Å². The van der Waals surface area contributed by atoms with Crippen LogP contribution >= 0.6 is 35.6 Å². The van der Waals surface area contributed by atoms with E-state index in [4.69, 9.17) is 23.8 Å². The number of thioether (sulfide) groups is 1. The predicted octanol–water partition coefficient (Wildman–Crippen LogP) is 4.43. The average molecular weight is 420 g/mol. The fraction of sp³-hybridized carbons (Fsp3) is 0. The molecule has 0 unspecified atom stereocenters. The highest BCUT2D eigenvalue weighted by atomic mass is 35.5. The van der Waals surface area contributed by atoms with E-state index in [0.717, 1.165) is 16.8 Å². The number of carbonyl (C=O) groups excluding carboxylic acids is 2. The minimum absolute atomic E-state index is 0.0384. The van der Waals surface area contributed by atoms with E-state index in [1.54, 1.807) is 36.4 Å². The molecule has 0 saturated carbocycles. The van der Waals surface area contributed by atoms with Crippen LogP contribution in [0.25, 0.3) is 6.08 Å². The van der Waals surface area contributed by atoms with Gasteiger partial charge in [-0.25, -0.2) is 0 Å². The molecular weight excluding hydrogens is 410 g/mol. The minimum atomic E-state index is -0.562. The second kappa shape index (κ2) is 7.87. The number of thiocarbonyl (C=S) groups is 1. The van der Waals surface area contributed by atoms with Crippen molar-refractivity contribution in [2.75, 3.05) is 0 Å². The molecule has 10 heteroatoms. The Kier molecular flexibility index (Phi) is 5.54. The molecule has 0 aromatic heterocycles. The van der Waals surface area contributed by atoms with Crippen molar-refractivity contribution in [3.05, 3.63) is 79.7 Å². The molecule has 2 aromatic carbocycles. The predicted molar refractivity (Wildman–Crippen MR) is 107 cm³/mol. The zero-order valence-corrected chi connectivity index (χ0v) is 15.8. The lowest BCUT2D eigenvalue weighted by atomic mass is 10.2. The topological polar surface area (TPSA) is 92.6 Å². The lowest BCUT2D eigenvalue weighted by Crippen LogP contribution is -2.44. The highest BCUT2D eigenvalue weighted by molar-refractivity contribution is 8.19. The molecule has 1 fully saturated rings. The van der Waals surface area contributed by atoms with E-state index in [-0.39, 0.29) is 21.3 Å². The van der Waals surface area contributed by atoms with Crippen molar-refractivity contribution in [1.29, 1.82) is 0 Å². The van der Waals surface area contributed by atoms with Crippen molar-refractivity contribution in [3.63, 3.8) is 0 Å². The summed E-state index contributed by atoms with van der Waals surface area (Å²) in [5.41, 5.74) is 3.26. The van der Waals surface area contributed by atoms with Crippen LogP contribution in [0.4, 0.5) is 10.5 Å². The third kappa shape index (κ3) is 4.16. The molecule has 0 spiro atoms. The Labute approximate surface area is 168 Å². The number of nitro benzene ring substituents is 1. The number of non-ortho nitro benzene ring substituents is 1. The van der Waals surface area contributed by atoms with Crippen LogP contribution in [0.1, 0.15) is 15.9 Å². The Morgan fingerprint density at radius 2 is 1.89 bits per heavy atom. The summed E-state index contributed by atoms with van der Waals surface area (Å²) in [4.78, 5) is 35.3. The highest BCUT2D eigenvalue weighted by Crippen LogP contribution is 2.32. The number of nitrogens with zero attached hydrogens (tertiary/aromatic N) is 2. The summed E-state index contributed by atoms with van der Waals surface area (Å²) in [5.74, 6) is -0.562. The quantitative estimate of drug-likeness (QED) is 0.341. The van der Waals surface area contributed by atoms with Gasteiger partial charge < -0.3 is 0 Å². The fourth-order valence-corrected chi connectivity index (χ4v) is 3.60. The maximum absolute atomic E-state index is 12.3. The highest BCUT2D eigenvalue weighted by Gasteiger charge is 2.33. The molecule has 2 amide bonds. The molecule has 0 aliphatic carbocycles. The van der Waals surface area contributed by atoms with Crippen molar-refractivity contribution in [1.82, 2.24) is 10.4 Å². The zero-order chi connectivity index (χ0) is 19.6. The van der Waals surface area contributed by atoms with E-state index in [1.807, 2.05) is 0 Å². The summed E-state index contributed by atoms with van der Waals surface area (Å²) < 4.78 is 0. The van der Waals surface area contributed by atoms with Gasteiger partial charge in [-0.3, -0.25) is 25.1 Å². The molecule has 27 heavy (non-hydrogen) atoms. The maximum atomic E-state index is 12.3. The van der Waals surface area contributed by atoms with E-state index < -0.39 is 16.1 Å². The molecule has 0 atom stereocenters. The molecule has 0 radical (unpaired) electrons. The fourth-order valence-electron chi connectivity index (χ4n) is 2.21. The number of carbonyl (C=O) groups is 2. The lowest BCUT2D eigenvalue weighted by Gasteiger charge is -2.16. The van der Waals surface area contributed by atoms with Gasteiger partial charge in [-0.1, -0.05) is 36.0 Å². The van der Waals surface area contributed by atoms with Gasteiger partial charge in [0.15, 0.2) is 0 Å². The molecule has 1 saturated heterocycles. The summed E-state index contributed by atoms with van der Waals surface area (Å²) in [5, 5.41) is 11.5. The maximum Gasteiger partial charge on any atom is 0.310 e. The molecule has 136 valence electrons. The van der Waals surface area contributed by atoms with Crippen LogP contribution < -0.4 is 5.43 Å². The van der Waals surface area contributed by atoms with Gasteiger partial charge in [0, 0.05) is 12.1 Å². The summed E-state index contributed by atoms with van der Waals surface area (Å²) >= 11 is 12.1. The molecule has 3 rings (SSSR count). The van der Waals surface area contributed by atoms with Crippen LogP contribution in [0.3, 0.4) is 0 Å². The van der Waals surface area contributed by atoms with E-state index in [9.17, 15) is 19.7 Å². The Balaban J connectivity index is 1.77. The number of nitro groups is 1. The number of amides is 2. The molecule has 0 bridgehead atoms. The van der Waals surface area contributed by atoms with Crippen molar-refractivity contribution >= 4 is 63.5 Å². The number of hydrazine groups is 1. The van der Waals surface area contributed by atoms with Crippen molar-refractivity contribution < 1.29 is 14.5 Å². The number of hydrogen-bond donors (Lipinski definition) is 1. The first-order valence-electron chi connectivity index (χ1n) is 7.45. The lowest BCUT2D eigenvalue weighted by molar-refractivity contribution is -0.384. The van der Waals surface area contributed by atoms with Gasteiger partial charge in [-0.2, -0.15) is 5.01 Å². The summed E-state index contributed by atoms with van der Waals surface area (Å²) in [6, 6.07) is 12.2. The minimum Gasteiger partial charge on any atom is -0.267 e. The number of nitrogens with one attached hydrogen (secondary N) is 1. The Morgan fingerprint density at radius 3 is 2.52 bits per heavy atom. The Hall–Kier alpha value is -2.75. The van der Waals surface area contributed by atoms with Gasteiger partial charge in [0.1, 0.15) is 4.99 Å². The van der Waals surface area contributed by atoms with Gasteiger partial charge in [-0.05, 0) is 47.7 Å². The average Bonchev–Trinajstić information content (AvgIpc) is 2.90. The monoisotopic (exact) mass is 419 g/mol. The first-order chi connectivity index (χ1) is 12.9. The first-order valence-corrected chi connectivity index (χ1v) is 9.05. The van der Waals surface area contributed by atoms with Crippen LogP contribution in [0.2, 0.25) is 5.02 Å². The van der Waals surface area contributed by atoms with Crippen molar-refractivity contribution in [2.45, 2.75) is 0 Å². The molecule has 2 aromatic rings. The standard InChI is InChI=1S/C17H10ClN3O4S2/c18-13-4-2-1-3-12(13)15(22)19-20-16(26)14(27-17(20)23)9-10-5-7-11(8-6-10)21(24)25/h1-9H,(H,19,22)/b14-9-. The number of rotatable bonds is 4. The number of hydrogen-bond acceptors (Lipinski definition) is 6. The molecule has 1 aliphatic rings. The van der Waals surface area contributed by atoms with E-state index >= 15 is 0 Å². The molecule has 1 heterocycles. The third-order valence-electron chi connectivity index (χ3n) is 3.53. The molecule has 1 aliphatic heterocycles.